The summed E-state index contributed by atoms with van der Waals surface area (Å²) in [6.07, 6.45) is 3.22. The van der Waals surface area contributed by atoms with E-state index in [4.69, 9.17) is 18.6 Å². The van der Waals surface area contributed by atoms with Crippen LogP contribution in [0, 0.1) is 0 Å². The zero-order valence-electron chi connectivity index (χ0n) is 19.5. The Morgan fingerprint density at radius 1 is 1.15 bits per heavy atom. The molecule has 1 aliphatic heterocycles. The fourth-order valence-corrected chi connectivity index (χ4v) is 4.87. The Bertz CT molecular complexity index is 1400. The number of fused-ring (bicyclic) bond motifs is 1. The summed E-state index contributed by atoms with van der Waals surface area (Å²) in [6.45, 7) is 8.40. The average Bonchev–Trinajstić information content (AvgIpc) is 3.43. The highest BCUT2D eigenvalue weighted by Crippen LogP contribution is 2.36. The molecular formula is C25H26N2O6S. The van der Waals surface area contributed by atoms with E-state index < -0.39 is 12.0 Å². The van der Waals surface area contributed by atoms with Crippen LogP contribution in [0.2, 0.25) is 0 Å². The lowest BCUT2D eigenvalue weighted by Crippen LogP contribution is -2.40. The van der Waals surface area contributed by atoms with Crippen molar-refractivity contribution < 1.29 is 23.4 Å². The van der Waals surface area contributed by atoms with Gasteiger partial charge in [0.1, 0.15) is 5.76 Å². The van der Waals surface area contributed by atoms with Crippen molar-refractivity contribution in [3.8, 4) is 11.5 Å². The second-order valence-electron chi connectivity index (χ2n) is 7.39. The second-order valence-corrected chi connectivity index (χ2v) is 8.40. The molecule has 3 aromatic rings. The van der Waals surface area contributed by atoms with Gasteiger partial charge in [-0.25, -0.2) is 9.79 Å². The molecule has 0 bridgehead atoms. The molecule has 0 saturated carbocycles. The number of carbonyl (C=O) groups excluding carboxylic acids is 1. The van der Waals surface area contributed by atoms with Crippen molar-refractivity contribution in [3.05, 3.63) is 78.9 Å². The number of furan rings is 1. The van der Waals surface area contributed by atoms with Gasteiger partial charge < -0.3 is 18.6 Å². The maximum absolute atomic E-state index is 13.5. The van der Waals surface area contributed by atoms with Crippen molar-refractivity contribution in [2.75, 3.05) is 19.8 Å². The van der Waals surface area contributed by atoms with Crippen LogP contribution in [0.1, 0.15) is 45.1 Å². The van der Waals surface area contributed by atoms with Crippen molar-refractivity contribution in [1.82, 2.24) is 4.57 Å². The zero-order valence-corrected chi connectivity index (χ0v) is 20.3. The average molecular weight is 483 g/mol. The van der Waals surface area contributed by atoms with Crippen molar-refractivity contribution in [1.29, 1.82) is 0 Å². The number of thiazole rings is 1. The van der Waals surface area contributed by atoms with Gasteiger partial charge in [0.25, 0.3) is 5.56 Å². The van der Waals surface area contributed by atoms with E-state index in [0.29, 0.717) is 56.6 Å². The van der Waals surface area contributed by atoms with E-state index in [9.17, 15) is 9.59 Å². The molecule has 0 saturated heterocycles. The van der Waals surface area contributed by atoms with Crippen LogP contribution in [0.25, 0.3) is 6.08 Å². The van der Waals surface area contributed by atoms with Gasteiger partial charge in [-0.2, -0.15) is 0 Å². The van der Waals surface area contributed by atoms with Crippen LogP contribution in [0.15, 0.2) is 62.1 Å². The van der Waals surface area contributed by atoms with Gasteiger partial charge in [-0.15, -0.1) is 0 Å². The summed E-state index contributed by atoms with van der Waals surface area (Å²) in [4.78, 5) is 31.6. The maximum Gasteiger partial charge on any atom is 0.338 e. The van der Waals surface area contributed by atoms with Crippen LogP contribution in [-0.4, -0.2) is 30.4 Å². The summed E-state index contributed by atoms with van der Waals surface area (Å²) in [5.74, 6) is 1.18. The Kier molecular flexibility index (Phi) is 7.02. The zero-order chi connectivity index (χ0) is 24.2. The summed E-state index contributed by atoms with van der Waals surface area (Å²) < 4.78 is 24.2. The molecule has 3 heterocycles. The molecule has 1 aromatic carbocycles. The van der Waals surface area contributed by atoms with Gasteiger partial charge >= 0.3 is 5.97 Å². The predicted octanol–water partition coefficient (Wildman–Crippen LogP) is 3.19. The first-order valence-corrected chi connectivity index (χ1v) is 11.9. The normalized spacial score (nSPS) is 15.6. The van der Waals surface area contributed by atoms with Gasteiger partial charge in [0.2, 0.25) is 0 Å². The van der Waals surface area contributed by atoms with E-state index in [2.05, 4.69) is 4.99 Å². The molecule has 0 aliphatic carbocycles. The highest BCUT2D eigenvalue weighted by Gasteiger charge is 2.34. The lowest BCUT2D eigenvalue weighted by molar-refractivity contribution is -0.139. The van der Waals surface area contributed by atoms with Gasteiger partial charge in [-0.3, -0.25) is 9.36 Å². The fourth-order valence-electron chi connectivity index (χ4n) is 3.85. The molecule has 1 aliphatic rings. The molecule has 4 rings (SSSR count). The van der Waals surface area contributed by atoms with Gasteiger partial charge in [0, 0.05) is 6.08 Å². The third-order valence-corrected chi connectivity index (χ3v) is 6.20. The maximum atomic E-state index is 13.5. The Balaban J connectivity index is 1.95. The molecule has 2 aromatic heterocycles. The molecule has 0 radical (unpaired) electrons. The van der Waals surface area contributed by atoms with Crippen molar-refractivity contribution >= 4 is 23.4 Å². The van der Waals surface area contributed by atoms with Crippen LogP contribution in [0.3, 0.4) is 0 Å². The number of aromatic nitrogens is 1. The Morgan fingerprint density at radius 3 is 2.59 bits per heavy atom. The van der Waals surface area contributed by atoms with E-state index in [1.165, 1.54) is 15.9 Å². The molecule has 178 valence electrons. The third-order valence-electron chi connectivity index (χ3n) is 5.22. The summed E-state index contributed by atoms with van der Waals surface area (Å²) in [5.41, 5.74) is 1.23. The molecule has 0 N–H and O–H groups in total. The quantitative estimate of drug-likeness (QED) is 0.458. The number of esters is 1. The number of hydrogen-bond acceptors (Lipinski definition) is 8. The Hall–Kier alpha value is -3.59. The van der Waals surface area contributed by atoms with Gasteiger partial charge in [-0.1, -0.05) is 17.4 Å². The van der Waals surface area contributed by atoms with E-state index in [-0.39, 0.29) is 12.2 Å². The van der Waals surface area contributed by atoms with E-state index in [1.807, 2.05) is 19.9 Å². The molecule has 0 amide bonds. The molecule has 34 heavy (non-hydrogen) atoms. The largest absolute Gasteiger partial charge is 0.490 e. The second kappa shape index (κ2) is 10.1. The van der Waals surface area contributed by atoms with Crippen molar-refractivity contribution in [3.63, 3.8) is 0 Å². The SMILES string of the molecule is CCOC(=O)C1=C(C)N=c2s/c(=C\c3ccco3)c(=O)n2[C@H]1c1ccc(OCC)c(OCC)c1. The minimum atomic E-state index is -0.732. The summed E-state index contributed by atoms with van der Waals surface area (Å²) >= 11 is 1.24. The van der Waals surface area contributed by atoms with Gasteiger partial charge in [-0.05, 0) is 57.5 Å². The minimum Gasteiger partial charge on any atom is -0.490 e. The topological polar surface area (TPSA) is 92.3 Å². The van der Waals surface area contributed by atoms with E-state index in [0.717, 1.165) is 0 Å². The highest BCUT2D eigenvalue weighted by molar-refractivity contribution is 7.07. The van der Waals surface area contributed by atoms with Crippen LogP contribution in [0.5, 0.6) is 11.5 Å². The van der Waals surface area contributed by atoms with Crippen LogP contribution >= 0.6 is 11.3 Å². The molecule has 1 atom stereocenters. The number of nitrogens with zero attached hydrogens (tertiary/aromatic N) is 2. The number of benzene rings is 1. The standard InChI is InChI=1S/C25H26N2O6S/c1-5-30-18-11-10-16(13-19(18)31-6-2)22-21(24(29)32-7-3)15(4)26-25-27(22)23(28)20(34-25)14-17-9-8-12-33-17/h8-14,22H,5-7H2,1-4H3/b20-14-/t22-/m0/s1. The van der Waals surface area contributed by atoms with Crippen LogP contribution in [-0.2, 0) is 9.53 Å². The number of allylic oxidation sites excluding steroid dienone is 1. The fraction of sp³-hybridized carbons (Fsp3) is 0.320. The summed E-state index contributed by atoms with van der Waals surface area (Å²) in [7, 11) is 0. The number of ether oxygens (including phenoxy) is 3. The minimum absolute atomic E-state index is 0.207. The summed E-state index contributed by atoms with van der Waals surface area (Å²) in [6, 6.07) is 8.22. The lowest BCUT2D eigenvalue weighted by Gasteiger charge is -2.25. The van der Waals surface area contributed by atoms with E-state index in [1.54, 1.807) is 50.5 Å². The Morgan fingerprint density at radius 2 is 1.91 bits per heavy atom. The van der Waals surface area contributed by atoms with Crippen LogP contribution in [0.4, 0.5) is 0 Å². The number of hydrogen-bond donors (Lipinski definition) is 0. The molecule has 0 spiro atoms. The highest BCUT2D eigenvalue weighted by atomic mass is 32.1. The molecule has 9 heteroatoms. The van der Waals surface area contributed by atoms with Gasteiger partial charge in [0.05, 0.1) is 47.9 Å². The predicted molar refractivity (Wildman–Crippen MR) is 128 cm³/mol. The van der Waals surface area contributed by atoms with Crippen molar-refractivity contribution in [2.45, 2.75) is 33.7 Å². The molecular weight excluding hydrogens is 456 g/mol. The summed E-state index contributed by atoms with van der Waals surface area (Å²) in [5, 5.41) is 0. The molecule has 8 nitrogen and oxygen atoms in total. The molecule has 0 unspecified atom stereocenters. The van der Waals surface area contributed by atoms with Crippen molar-refractivity contribution in [2.24, 2.45) is 4.99 Å². The third kappa shape index (κ3) is 4.43. The first-order valence-electron chi connectivity index (χ1n) is 11.1. The Labute approximate surface area is 200 Å². The van der Waals surface area contributed by atoms with E-state index >= 15 is 0 Å². The first kappa shape index (κ1) is 23.6. The number of rotatable bonds is 8. The monoisotopic (exact) mass is 482 g/mol. The lowest BCUT2D eigenvalue weighted by atomic mass is 9.95. The van der Waals surface area contributed by atoms with Crippen LogP contribution < -0.4 is 24.4 Å². The first-order chi connectivity index (χ1) is 16.5. The number of carbonyl (C=O) groups is 1. The molecule has 0 fully saturated rings. The smallest absolute Gasteiger partial charge is 0.338 e. The van der Waals surface area contributed by atoms with Gasteiger partial charge in [0.15, 0.2) is 16.3 Å².